The predicted molar refractivity (Wildman–Crippen MR) is 70.1 cm³/mol. The highest BCUT2D eigenvalue weighted by atomic mass is 16.7. The third-order valence-electron chi connectivity index (χ3n) is 2.99. The van der Waals surface area contributed by atoms with Gasteiger partial charge in [0.05, 0.1) is 6.61 Å². The number of ether oxygens (including phenoxy) is 2. The fourth-order valence-electron chi connectivity index (χ4n) is 1.95. The molecule has 9 heteroatoms. The lowest BCUT2D eigenvalue weighted by atomic mass is 9.97. The maximum atomic E-state index is 11.6. The van der Waals surface area contributed by atoms with Crippen molar-refractivity contribution in [2.45, 2.75) is 50.9 Å². The summed E-state index contributed by atoms with van der Waals surface area (Å²) in [6.45, 7) is 2.90. The van der Waals surface area contributed by atoms with E-state index >= 15 is 0 Å². The minimum absolute atomic E-state index is 0.394. The summed E-state index contributed by atoms with van der Waals surface area (Å²) in [7, 11) is 0. The van der Waals surface area contributed by atoms with Crippen LogP contribution in [-0.2, 0) is 14.3 Å². The first kappa shape index (κ1) is 17.6. The second kappa shape index (κ2) is 8.13. The molecule has 0 radical (unpaired) electrons. The number of carbonyl (C=O) groups is 2. The first-order valence-corrected chi connectivity index (χ1v) is 6.74. The normalized spacial score (nSPS) is 32.3. The van der Waals surface area contributed by atoms with Gasteiger partial charge in [-0.25, -0.2) is 4.79 Å². The van der Waals surface area contributed by atoms with Gasteiger partial charge in [-0.05, 0) is 6.42 Å². The first-order valence-electron chi connectivity index (χ1n) is 6.74. The van der Waals surface area contributed by atoms with Crippen LogP contribution in [0.1, 0.15) is 20.3 Å². The molecule has 0 aromatic carbocycles. The Bertz CT molecular complexity index is 366. The van der Waals surface area contributed by atoms with E-state index < -0.39 is 49.3 Å². The van der Waals surface area contributed by atoms with E-state index in [9.17, 15) is 19.8 Å². The Labute approximate surface area is 122 Å². The summed E-state index contributed by atoms with van der Waals surface area (Å²) in [5.41, 5.74) is 0. The molecule has 2 amide bonds. The molecule has 0 spiro atoms. The molecule has 0 aromatic heterocycles. The van der Waals surface area contributed by atoms with Crippen molar-refractivity contribution in [3.63, 3.8) is 0 Å². The van der Waals surface area contributed by atoms with Crippen LogP contribution in [0, 0.1) is 0 Å². The van der Waals surface area contributed by atoms with Gasteiger partial charge in [-0.15, -0.1) is 0 Å². The molecular formula is C12H22N2O7. The summed E-state index contributed by atoms with van der Waals surface area (Å²) in [5.74, 6) is -0.486. The van der Waals surface area contributed by atoms with E-state index in [1.165, 1.54) is 6.92 Å². The molecule has 1 aliphatic heterocycles. The molecule has 122 valence electrons. The molecule has 5 atom stereocenters. The second-order valence-electron chi connectivity index (χ2n) is 4.77. The van der Waals surface area contributed by atoms with Crippen molar-refractivity contribution in [3.8, 4) is 0 Å². The zero-order valence-corrected chi connectivity index (χ0v) is 12.0. The van der Waals surface area contributed by atoms with Gasteiger partial charge in [0, 0.05) is 13.5 Å². The highest BCUT2D eigenvalue weighted by Crippen LogP contribution is 2.22. The minimum Gasteiger partial charge on any atom is -0.417 e. The van der Waals surface area contributed by atoms with Crippen LogP contribution in [0.25, 0.3) is 0 Å². The Morgan fingerprint density at radius 2 is 1.95 bits per heavy atom. The van der Waals surface area contributed by atoms with E-state index in [1.807, 2.05) is 6.92 Å². The van der Waals surface area contributed by atoms with Gasteiger partial charge in [0.25, 0.3) is 0 Å². The van der Waals surface area contributed by atoms with Crippen molar-refractivity contribution >= 4 is 12.0 Å². The molecule has 9 nitrogen and oxygen atoms in total. The standard InChI is InChI=1S/C12H22N2O7/c1-3-4-13-12(19)21-11-8(14-6(2)16)10(18)9(17)7(5-15)20-11/h7-11,15,17-18H,3-5H2,1-2H3,(H,13,19)(H,14,16)/t7-,8-,9-,10-,11-/m1/s1. The van der Waals surface area contributed by atoms with Gasteiger partial charge in [0.1, 0.15) is 24.4 Å². The summed E-state index contributed by atoms with van der Waals surface area (Å²) >= 11 is 0. The van der Waals surface area contributed by atoms with Crippen LogP contribution in [0.4, 0.5) is 4.79 Å². The van der Waals surface area contributed by atoms with Crippen molar-refractivity contribution in [3.05, 3.63) is 0 Å². The number of carbonyl (C=O) groups excluding carboxylic acids is 2. The molecule has 1 fully saturated rings. The molecule has 1 heterocycles. The topological polar surface area (TPSA) is 137 Å². The van der Waals surface area contributed by atoms with Gasteiger partial charge in [0.15, 0.2) is 0 Å². The smallest absolute Gasteiger partial charge is 0.409 e. The molecule has 0 aromatic rings. The predicted octanol–water partition coefficient (Wildman–Crippen LogP) is -1.93. The van der Waals surface area contributed by atoms with Crippen LogP contribution < -0.4 is 10.6 Å². The molecular weight excluding hydrogens is 284 g/mol. The lowest BCUT2D eigenvalue weighted by Crippen LogP contribution is -2.65. The number of aliphatic hydroxyl groups excluding tert-OH is 3. The molecule has 21 heavy (non-hydrogen) atoms. The Morgan fingerprint density at radius 3 is 2.48 bits per heavy atom. The van der Waals surface area contributed by atoms with Crippen molar-refractivity contribution in [1.82, 2.24) is 10.6 Å². The highest BCUT2D eigenvalue weighted by Gasteiger charge is 2.46. The van der Waals surface area contributed by atoms with E-state index in [2.05, 4.69) is 10.6 Å². The molecule has 0 aliphatic carbocycles. The van der Waals surface area contributed by atoms with Crippen LogP contribution in [0.15, 0.2) is 0 Å². The summed E-state index contributed by atoms with van der Waals surface area (Å²) in [6, 6.07) is -1.13. The van der Waals surface area contributed by atoms with Crippen LogP contribution in [-0.4, -0.2) is 71.1 Å². The number of nitrogens with one attached hydrogen (secondary N) is 2. The monoisotopic (exact) mass is 306 g/mol. The number of hydrogen-bond acceptors (Lipinski definition) is 7. The second-order valence-corrected chi connectivity index (χ2v) is 4.77. The van der Waals surface area contributed by atoms with E-state index in [1.54, 1.807) is 0 Å². The molecule has 1 saturated heterocycles. The summed E-state index contributed by atoms with van der Waals surface area (Å²) < 4.78 is 10.2. The van der Waals surface area contributed by atoms with Gasteiger partial charge in [-0.2, -0.15) is 0 Å². The number of aliphatic hydroxyl groups is 3. The van der Waals surface area contributed by atoms with Gasteiger partial charge < -0.3 is 35.4 Å². The molecule has 1 aliphatic rings. The van der Waals surface area contributed by atoms with Crippen molar-refractivity contribution in [2.24, 2.45) is 0 Å². The zero-order valence-electron chi connectivity index (χ0n) is 12.0. The van der Waals surface area contributed by atoms with Gasteiger partial charge in [0.2, 0.25) is 12.2 Å². The highest BCUT2D eigenvalue weighted by molar-refractivity contribution is 5.73. The van der Waals surface area contributed by atoms with E-state index in [0.717, 1.165) is 0 Å². The number of amides is 2. The maximum Gasteiger partial charge on any atom is 0.409 e. The average Bonchev–Trinajstić information content (AvgIpc) is 2.44. The molecule has 0 saturated carbocycles. The maximum absolute atomic E-state index is 11.6. The number of hydrogen-bond donors (Lipinski definition) is 5. The first-order chi connectivity index (χ1) is 9.90. The van der Waals surface area contributed by atoms with Crippen molar-refractivity contribution in [2.75, 3.05) is 13.2 Å². The van der Waals surface area contributed by atoms with Crippen molar-refractivity contribution < 1.29 is 34.4 Å². The van der Waals surface area contributed by atoms with Gasteiger partial charge in [-0.1, -0.05) is 6.92 Å². The van der Waals surface area contributed by atoms with Gasteiger partial charge >= 0.3 is 6.09 Å². The molecule has 1 rings (SSSR count). The lowest BCUT2D eigenvalue weighted by Gasteiger charge is -2.41. The lowest BCUT2D eigenvalue weighted by molar-refractivity contribution is -0.252. The Kier molecular flexibility index (Phi) is 6.82. The average molecular weight is 306 g/mol. The number of rotatable bonds is 5. The van der Waals surface area contributed by atoms with Crippen LogP contribution in [0.2, 0.25) is 0 Å². The Morgan fingerprint density at radius 1 is 1.29 bits per heavy atom. The third kappa shape index (κ3) is 4.81. The largest absolute Gasteiger partial charge is 0.417 e. The number of alkyl carbamates (subject to hydrolysis) is 1. The fourth-order valence-corrected chi connectivity index (χ4v) is 1.95. The van der Waals surface area contributed by atoms with Gasteiger partial charge in [-0.3, -0.25) is 4.79 Å². The third-order valence-corrected chi connectivity index (χ3v) is 2.99. The summed E-state index contributed by atoms with van der Waals surface area (Å²) in [6.07, 6.45) is -5.36. The molecule has 0 unspecified atom stereocenters. The van der Waals surface area contributed by atoms with E-state index in [-0.39, 0.29) is 0 Å². The Balaban J connectivity index is 2.78. The quantitative estimate of drug-likeness (QED) is 0.399. The fraction of sp³-hybridized carbons (Fsp3) is 0.833. The molecule has 5 N–H and O–H groups in total. The van der Waals surface area contributed by atoms with Crippen molar-refractivity contribution in [1.29, 1.82) is 0 Å². The Hall–Kier alpha value is -1.42. The SMILES string of the molecule is CCCNC(=O)O[C@H]1O[C@H](CO)[C@@H](O)[C@H](O)[C@H]1NC(C)=O. The van der Waals surface area contributed by atoms with E-state index in [0.29, 0.717) is 13.0 Å². The minimum atomic E-state index is -1.44. The van der Waals surface area contributed by atoms with Crippen LogP contribution >= 0.6 is 0 Å². The summed E-state index contributed by atoms with van der Waals surface area (Å²) in [5, 5.41) is 33.7. The van der Waals surface area contributed by atoms with Crippen LogP contribution in [0.3, 0.4) is 0 Å². The van der Waals surface area contributed by atoms with Crippen LogP contribution in [0.5, 0.6) is 0 Å². The molecule has 0 bridgehead atoms. The summed E-state index contributed by atoms with van der Waals surface area (Å²) in [4.78, 5) is 22.7. The van der Waals surface area contributed by atoms with E-state index in [4.69, 9.17) is 14.6 Å². The zero-order chi connectivity index (χ0) is 16.0.